The van der Waals surface area contributed by atoms with Crippen LogP contribution in [-0.4, -0.2) is 19.3 Å². The number of nitrogens with zero attached hydrogens (tertiary/aromatic N) is 1. The number of aliphatic hydroxyl groups excluding tert-OH is 1. The Morgan fingerprint density at radius 1 is 1.15 bits per heavy atom. The molecule has 0 fully saturated rings. The van der Waals surface area contributed by atoms with Gasteiger partial charge in [0.15, 0.2) is 0 Å². The van der Waals surface area contributed by atoms with Crippen LogP contribution >= 0.6 is 11.6 Å². The number of ether oxygens (including phenoxy) is 1. The smallest absolute Gasteiger partial charge is 0.139 e. The lowest BCUT2D eigenvalue weighted by atomic mass is 10.1. The summed E-state index contributed by atoms with van der Waals surface area (Å²) in [6.07, 6.45) is 0. The lowest BCUT2D eigenvalue weighted by Crippen LogP contribution is -2.17. The van der Waals surface area contributed by atoms with Crippen molar-refractivity contribution in [2.75, 3.05) is 19.1 Å². The zero-order valence-electron chi connectivity index (χ0n) is 11.6. The van der Waals surface area contributed by atoms with Crippen molar-refractivity contribution in [3.63, 3.8) is 0 Å². The van der Waals surface area contributed by atoms with Crippen LogP contribution in [0.4, 0.5) is 5.69 Å². The molecule has 2 aromatic rings. The van der Waals surface area contributed by atoms with Gasteiger partial charge in [-0.15, -0.1) is 0 Å². The zero-order valence-corrected chi connectivity index (χ0v) is 12.4. The van der Waals surface area contributed by atoms with Gasteiger partial charge < -0.3 is 14.7 Å². The molecule has 2 aromatic carbocycles. The summed E-state index contributed by atoms with van der Waals surface area (Å²) >= 11 is 6.35. The lowest BCUT2D eigenvalue weighted by Gasteiger charge is -2.22. The number of anilines is 1. The molecule has 0 aliphatic heterocycles. The number of halogens is 1. The van der Waals surface area contributed by atoms with Crippen molar-refractivity contribution in [3.8, 4) is 5.75 Å². The molecule has 2 rings (SSSR count). The van der Waals surface area contributed by atoms with Crippen molar-refractivity contribution in [1.29, 1.82) is 0 Å². The molecule has 106 valence electrons. The van der Waals surface area contributed by atoms with Gasteiger partial charge in [0.05, 0.1) is 19.4 Å². The van der Waals surface area contributed by atoms with Crippen molar-refractivity contribution >= 4 is 17.3 Å². The molecule has 0 spiro atoms. The van der Waals surface area contributed by atoms with Gasteiger partial charge in [0, 0.05) is 13.6 Å². The van der Waals surface area contributed by atoms with E-state index in [0.717, 1.165) is 17.8 Å². The topological polar surface area (TPSA) is 32.7 Å². The fourth-order valence-electron chi connectivity index (χ4n) is 2.10. The highest BCUT2D eigenvalue weighted by molar-refractivity contribution is 6.34. The van der Waals surface area contributed by atoms with Crippen LogP contribution in [0.1, 0.15) is 11.1 Å². The predicted molar refractivity (Wildman–Crippen MR) is 82.5 cm³/mol. The van der Waals surface area contributed by atoms with Gasteiger partial charge >= 0.3 is 0 Å². The minimum atomic E-state index is -0.0420. The first kappa shape index (κ1) is 14.7. The van der Waals surface area contributed by atoms with Crippen molar-refractivity contribution in [3.05, 3.63) is 58.6 Å². The average Bonchev–Trinajstić information content (AvgIpc) is 2.48. The van der Waals surface area contributed by atoms with Crippen molar-refractivity contribution in [1.82, 2.24) is 0 Å². The van der Waals surface area contributed by atoms with E-state index < -0.39 is 0 Å². The first-order chi connectivity index (χ1) is 9.65. The Morgan fingerprint density at radius 2 is 1.85 bits per heavy atom. The van der Waals surface area contributed by atoms with E-state index in [1.165, 1.54) is 5.56 Å². The normalized spacial score (nSPS) is 10.4. The molecular formula is C16H18ClNO2. The van der Waals surface area contributed by atoms with Gasteiger partial charge in [0.1, 0.15) is 10.8 Å². The van der Waals surface area contributed by atoms with E-state index in [0.29, 0.717) is 10.8 Å². The average molecular weight is 292 g/mol. The highest BCUT2D eigenvalue weighted by Crippen LogP contribution is 2.36. The summed E-state index contributed by atoms with van der Waals surface area (Å²) in [5, 5.41) is 9.89. The SMILES string of the molecule is COc1cc(CO)cc(N(C)Cc2ccccc2)c1Cl. The minimum Gasteiger partial charge on any atom is -0.495 e. The summed E-state index contributed by atoms with van der Waals surface area (Å²) in [5.74, 6) is 0.577. The number of methoxy groups -OCH3 is 1. The second kappa shape index (κ2) is 6.64. The number of benzene rings is 2. The molecule has 0 saturated heterocycles. The van der Waals surface area contributed by atoms with Crippen LogP contribution in [0.2, 0.25) is 5.02 Å². The third-order valence-electron chi connectivity index (χ3n) is 3.16. The first-order valence-corrected chi connectivity index (χ1v) is 6.76. The second-order valence-electron chi connectivity index (χ2n) is 4.63. The van der Waals surface area contributed by atoms with Crippen LogP contribution in [0.25, 0.3) is 0 Å². The van der Waals surface area contributed by atoms with Crippen molar-refractivity contribution < 1.29 is 9.84 Å². The Morgan fingerprint density at radius 3 is 2.45 bits per heavy atom. The van der Waals surface area contributed by atoms with Gasteiger partial charge in [-0.2, -0.15) is 0 Å². The van der Waals surface area contributed by atoms with Gasteiger partial charge in [0.25, 0.3) is 0 Å². The number of aliphatic hydroxyl groups is 1. The molecule has 0 aliphatic carbocycles. The summed E-state index contributed by atoms with van der Waals surface area (Å²) in [6.45, 7) is 0.693. The maximum atomic E-state index is 9.33. The van der Waals surface area contributed by atoms with Gasteiger partial charge in [-0.3, -0.25) is 0 Å². The Kier molecular flexibility index (Phi) is 4.88. The molecule has 0 unspecified atom stereocenters. The molecule has 20 heavy (non-hydrogen) atoms. The van der Waals surface area contributed by atoms with E-state index in [4.69, 9.17) is 16.3 Å². The first-order valence-electron chi connectivity index (χ1n) is 6.38. The van der Waals surface area contributed by atoms with E-state index in [2.05, 4.69) is 12.1 Å². The molecule has 0 radical (unpaired) electrons. The highest BCUT2D eigenvalue weighted by Gasteiger charge is 2.13. The van der Waals surface area contributed by atoms with Crippen molar-refractivity contribution in [2.45, 2.75) is 13.2 Å². The highest BCUT2D eigenvalue weighted by atomic mass is 35.5. The van der Waals surface area contributed by atoms with Gasteiger partial charge in [0.2, 0.25) is 0 Å². The molecule has 0 bridgehead atoms. The molecular weight excluding hydrogens is 274 g/mol. The number of hydrogen-bond donors (Lipinski definition) is 1. The standard InChI is InChI=1S/C16H18ClNO2/c1-18(10-12-6-4-3-5-7-12)14-8-13(11-19)9-15(20-2)16(14)17/h3-9,19H,10-11H2,1-2H3. The Labute approximate surface area is 124 Å². The van der Waals surface area contributed by atoms with Crippen LogP contribution in [0.5, 0.6) is 5.75 Å². The van der Waals surface area contributed by atoms with Crippen LogP contribution in [-0.2, 0) is 13.2 Å². The molecule has 0 aliphatic rings. The van der Waals surface area contributed by atoms with Gasteiger partial charge in [-0.1, -0.05) is 41.9 Å². The molecule has 1 N–H and O–H groups in total. The van der Waals surface area contributed by atoms with E-state index in [1.807, 2.05) is 36.2 Å². The largest absolute Gasteiger partial charge is 0.495 e. The van der Waals surface area contributed by atoms with E-state index in [9.17, 15) is 5.11 Å². The van der Waals surface area contributed by atoms with Crippen LogP contribution in [0, 0.1) is 0 Å². The summed E-state index contributed by atoms with van der Waals surface area (Å²) in [7, 11) is 3.54. The van der Waals surface area contributed by atoms with Crippen LogP contribution < -0.4 is 9.64 Å². The maximum Gasteiger partial charge on any atom is 0.139 e. The quantitative estimate of drug-likeness (QED) is 0.915. The third kappa shape index (κ3) is 3.24. The monoisotopic (exact) mass is 291 g/mol. The summed E-state index contributed by atoms with van der Waals surface area (Å²) < 4.78 is 5.26. The number of rotatable bonds is 5. The minimum absolute atomic E-state index is 0.0420. The summed E-state index contributed by atoms with van der Waals surface area (Å²) in [6, 6.07) is 13.8. The second-order valence-corrected chi connectivity index (χ2v) is 5.01. The number of hydrogen-bond acceptors (Lipinski definition) is 3. The fraction of sp³-hybridized carbons (Fsp3) is 0.250. The van der Waals surface area contributed by atoms with E-state index in [1.54, 1.807) is 13.2 Å². The van der Waals surface area contributed by atoms with Crippen molar-refractivity contribution in [2.24, 2.45) is 0 Å². The lowest BCUT2D eigenvalue weighted by molar-refractivity contribution is 0.281. The maximum absolute atomic E-state index is 9.33. The van der Waals surface area contributed by atoms with Crippen LogP contribution in [0.15, 0.2) is 42.5 Å². The van der Waals surface area contributed by atoms with Gasteiger partial charge in [-0.25, -0.2) is 0 Å². The van der Waals surface area contributed by atoms with Gasteiger partial charge in [-0.05, 0) is 23.3 Å². The van der Waals surface area contributed by atoms with E-state index in [-0.39, 0.29) is 6.61 Å². The molecule has 0 saturated carbocycles. The summed E-state index contributed by atoms with van der Waals surface area (Å²) in [5.41, 5.74) is 2.82. The van der Waals surface area contributed by atoms with E-state index >= 15 is 0 Å². The molecule has 0 heterocycles. The summed E-state index contributed by atoms with van der Waals surface area (Å²) in [4.78, 5) is 2.04. The molecule has 4 heteroatoms. The molecule has 0 aromatic heterocycles. The fourth-order valence-corrected chi connectivity index (χ4v) is 2.43. The Balaban J connectivity index is 2.31. The predicted octanol–water partition coefficient (Wildman–Crippen LogP) is 3.48. The molecule has 0 atom stereocenters. The Bertz CT molecular complexity index is 572. The molecule has 0 amide bonds. The molecule has 3 nitrogen and oxygen atoms in total. The zero-order chi connectivity index (χ0) is 14.5. The Hall–Kier alpha value is -1.71. The van der Waals surface area contributed by atoms with Crippen LogP contribution in [0.3, 0.4) is 0 Å². The third-order valence-corrected chi connectivity index (χ3v) is 3.54.